The highest BCUT2D eigenvalue weighted by atomic mass is 16.8. The van der Waals surface area contributed by atoms with Gasteiger partial charge in [0.15, 0.2) is 12.6 Å². The first-order chi connectivity index (χ1) is 8.24. The first-order valence-corrected chi connectivity index (χ1v) is 5.61. The zero-order valence-electron chi connectivity index (χ0n) is 9.41. The monoisotopic (exact) mass is 240 g/mol. The van der Waals surface area contributed by atoms with Crippen LogP contribution >= 0.6 is 0 Å². The zero-order valence-corrected chi connectivity index (χ0v) is 9.41. The fraction of sp³-hybridized carbons (Fsp3) is 0.500. The average Bonchev–Trinajstić information content (AvgIpc) is 2.13. The number of phenols is 2. The molecule has 5 nitrogen and oxygen atoms in total. The van der Waals surface area contributed by atoms with Crippen LogP contribution in [0, 0.1) is 0 Å². The molecule has 94 valence electrons. The second-order valence-electron chi connectivity index (χ2n) is 3.83. The Morgan fingerprint density at radius 1 is 1.00 bits per heavy atom. The number of phenolic OH excluding ortho intramolecular Hbond substituents is 2. The molecular formula is C12H16O5. The maximum absolute atomic E-state index is 8.65. The first kappa shape index (κ1) is 12.2. The molecule has 3 rings (SSSR count). The molecule has 0 aliphatic carbocycles. The third kappa shape index (κ3) is 3.89. The summed E-state index contributed by atoms with van der Waals surface area (Å²) in [5.41, 5.74) is 0. The van der Waals surface area contributed by atoms with Crippen LogP contribution in [0.4, 0.5) is 0 Å². The van der Waals surface area contributed by atoms with Crippen LogP contribution in [0.3, 0.4) is 0 Å². The van der Waals surface area contributed by atoms with Crippen LogP contribution < -0.4 is 0 Å². The van der Waals surface area contributed by atoms with Crippen molar-refractivity contribution in [1.29, 1.82) is 0 Å². The summed E-state index contributed by atoms with van der Waals surface area (Å²) < 4.78 is 15.3. The Balaban J connectivity index is 0.000000128. The Labute approximate surface area is 99.5 Å². The van der Waals surface area contributed by atoms with Crippen molar-refractivity contribution in [3.05, 3.63) is 24.3 Å². The van der Waals surface area contributed by atoms with Gasteiger partial charge in [0.25, 0.3) is 0 Å². The van der Waals surface area contributed by atoms with Gasteiger partial charge in [0.2, 0.25) is 0 Å². The zero-order chi connectivity index (χ0) is 12.1. The Kier molecular flexibility index (Phi) is 4.19. The van der Waals surface area contributed by atoms with Crippen LogP contribution in [-0.2, 0) is 14.2 Å². The highest BCUT2D eigenvalue weighted by Crippen LogP contribution is 2.20. The van der Waals surface area contributed by atoms with E-state index in [1.165, 1.54) is 18.2 Å². The summed E-state index contributed by atoms with van der Waals surface area (Å²) >= 11 is 0. The summed E-state index contributed by atoms with van der Waals surface area (Å²) in [4.78, 5) is 0. The first-order valence-electron chi connectivity index (χ1n) is 5.61. The van der Waals surface area contributed by atoms with Crippen molar-refractivity contribution in [2.24, 2.45) is 0 Å². The molecule has 5 heteroatoms. The average molecular weight is 240 g/mol. The molecular weight excluding hydrogens is 224 g/mol. The fourth-order valence-corrected chi connectivity index (χ4v) is 1.31. The van der Waals surface area contributed by atoms with Gasteiger partial charge in [0.1, 0.15) is 11.5 Å². The van der Waals surface area contributed by atoms with Gasteiger partial charge in [-0.1, -0.05) is 6.07 Å². The van der Waals surface area contributed by atoms with E-state index in [2.05, 4.69) is 0 Å². The van der Waals surface area contributed by atoms with Gasteiger partial charge in [-0.05, 0) is 12.1 Å². The van der Waals surface area contributed by atoms with Crippen LogP contribution in [0.15, 0.2) is 24.3 Å². The third-order valence-electron chi connectivity index (χ3n) is 2.45. The van der Waals surface area contributed by atoms with E-state index in [-0.39, 0.29) is 24.1 Å². The van der Waals surface area contributed by atoms with Gasteiger partial charge in [0, 0.05) is 18.9 Å². The molecule has 0 radical (unpaired) electrons. The summed E-state index contributed by atoms with van der Waals surface area (Å²) in [5.74, 6) is 0.176. The van der Waals surface area contributed by atoms with Crippen LogP contribution in [0.1, 0.15) is 12.8 Å². The fourth-order valence-electron chi connectivity index (χ4n) is 1.31. The summed E-state index contributed by atoms with van der Waals surface area (Å²) in [5, 5.41) is 17.3. The summed E-state index contributed by atoms with van der Waals surface area (Å²) in [6, 6.07) is 5.85. The second-order valence-corrected chi connectivity index (χ2v) is 3.83. The van der Waals surface area contributed by atoms with E-state index in [0.717, 1.165) is 26.1 Å². The molecule has 17 heavy (non-hydrogen) atoms. The Hall–Kier alpha value is -1.30. The molecule has 2 N–H and O–H groups in total. The molecule has 2 saturated heterocycles. The minimum Gasteiger partial charge on any atom is -0.508 e. The normalized spacial score (nSPS) is 26.1. The molecule has 0 amide bonds. The molecule has 2 heterocycles. The van der Waals surface area contributed by atoms with Gasteiger partial charge >= 0.3 is 0 Å². The predicted octanol–water partition coefficient (Wildman–Crippen LogP) is 1.59. The topological polar surface area (TPSA) is 68.2 Å². The molecule has 2 unspecified atom stereocenters. The lowest BCUT2D eigenvalue weighted by Crippen LogP contribution is -2.39. The van der Waals surface area contributed by atoms with Crippen molar-refractivity contribution < 1.29 is 24.4 Å². The molecule has 1 aromatic carbocycles. The van der Waals surface area contributed by atoms with Gasteiger partial charge in [-0.2, -0.15) is 0 Å². The number of hydrogen-bond donors (Lipinski definition) is 2. The van der Waals surface area contributed by atoms with Gasteiger partial charge < -0.3 is 24.4 Å². The van der Waals surface area contributed by atoms with Gasteiger partial charge in [-0.15, -0.1) is 0 Å². The number of rotatable bonds is 2. The molecule has 2 atom stereocenters. The molecule has 0 spiro atoms. The van der Waals surface area contributed by atoms with E-state index in [9.17, 15) is 0 Å². The smallest absolute Gasteiger partial charge is 0.162 e. The largest absolute Gasteiger partial charge is 0.508 e. The molecule has 2 aliphatic rings. The summed E-state index contributed by atoms with van der Waals surface area (Å²) in [7, 11) is 0. The molecule has 0 bridgehead atoms. The highest BCUT2D eigenvalue weighted by Gasteiger charge is 2.27. The summed E-state index contributed by atoms with van der Waals surface area (Å²) in [6.07, 6.45) is 2.13. The number of hydrogen-bond acceptors (Lipinski definition) is 5. The minimum atomic E-state index is 0.0373. The maximum atomic E-state index is 8.65. The number of ether oxygens (including phenoxy) is 3. The van der Waals surface area contributed by atoms with Crippen molar-refractivity contribution >= 4 is 0 Å². The van der Waals surface area contributed by atoms with Crippen LogP contribution in [0.25, 0.3) is 0 Å². The molecule has 2 fully saturated rings. The van der Waals surface area contributed by atoms with E-state index >= 15 is 0 Å². The molecule has 0 saturated carbocycles. The lowest BCUT2D eigenvalue weighted by Gasteiger charge is -2.34. The summed E-state index contributed by atoms with van der Waals surface area (Å²) in [6.45, 7) is 1.69. The second kappa shape index (κ2) is 5.86. The van der Waals surface area contributed by atoms with Crippen molar-refractivity contribution in [1.82, 2.24) is 0 Å². The van der Waals surface area contributed by atoms with E-state index in [1.807, 2.05) is 0 Å². The lowest BCUT2D eigenvalue weighted by atomic mass is 10.3. The van der Waals surface area contributed by atoms with E-state index in [4.69, 9.17) is 24.4 Å². The molecule has 1 aromatic rings. The van der Waals surface area contributed by atoms with Crippen molar-refractivity contribution in [2.75, 3.05) is 13.2 Å². The Morgan fingerprint density at radius 3 is 1.71 bits per heavy atom. The van der Waals surface area contributed by atoms with Crippen molar-refractivity contribution in [2.45, 2.75) is 25.4 Å². The third-order valence-corrected chi connectivity index (χ3v) is 2.45. The quantitative estimate of drug-likeness (QED) is 0.821. The van der Waals surface area contributed by atoms with Gasteiger partial charge in [0.05, 0.1) is 13.2 Å². The van der Waals surface area contributed by atoms with E-state index < -0.39 is 0 Å². The Morgan fingerprint density at radius 2 is 1.47 bits per heavy atom. The van der Waals surface area contributed by atoms with Gasteiger partial charge in [-0.3, -0.25) is 0 Å². The van der Waals surface area contributed by atoms with Crippen LogP contribution in [0.5, 0.6) is 11.5 Å². The lowest BCUT2D eigenvalue weighted by molar-refractivity contribution is -0.320. The Bertz CT molecular complexity index is 317. The van der Waals surface area contributed by atoms with Crippen molar-refractivity contribution in [3.63, 3.8) is 0 Å². The molecule has 2 aliphatic heterocycles. The molecule has 0 aromatic heterocycles. The minimum absolute atomic E-state index is 0.0373. The van der Waals surface area contributed by atoms with Crippen molar-refractivity contribution in [3.8, 4) is 11.5 Å². The maximum Gasteiger partial charge on any atom is 0.162 e. The van der Waals surface area contributed by atoms with Crippen LogP contribution in [0.2, 0.25) is 0 Å². The highest BCUT2D eigenvalue weighted by molar-refractivity contribution is 5.30. The van der Waals surface area contributed by atoms with Gasteiger partial charge in [-0.25, -0.2) is 0 Å². The predicted molar refractivity (Wildman–Crippen MR) is 59.6 cm³/mol. The standard InChI is InChI=1S/C6H10O3.C6H6O2/c1-3-7-5(1)9-6-2-4-8-6;7-5-2-1-3-6(8)4-5/h5-6H,1-4H2;1-4,7-8H. The SMILES string of the molecule is C1CC(OC2CCO2)O1.Oc1cccc(O)c1. The van der Waals surface area contributed by atoms with E-state index in [1.54, 1.807) is 6.07 Å². The number of aromatic hydroxyl groups is 2. The number of benzene rings is 1. The van der Waals surface area contributed by atoms with Crippen LogP contribution in [-0.4, -0.2) is 36.0 Å². The van der Waals surface area contributed by atoms with E-state index in [0.29, 0.717) is 0 Å².